The molecule has 1 nitrogen and oxygen atoms in total. The lowest BCUT2D eigenvalue weighted by Gasteiger charge is -2.31. The summed E-state index contributed by atoms with van der Waals surface area (Å²) in [6.07, 6.45) is 4.93. The van der Waals surface area contributed by atoms with Gasteiger partial charge in [0.25, 0.3) is 0 Å². The lowest BCUT2D eigenvalue weighted by atomic mass is 9.89. The Labute approximate surface area is 173 Å². The first kappa shape index (κ1) is 20.4. The maximum Gasteiger partial charge on any atom is 0.179 e. The van der Waals surface area contributed by atoms with Crippen LogP contribution in [0.25, 0.3) is 0 Å². The van der Waals surface area contributed by atoms with Crippen molar-refractivity contribution in [3.8, 4) is 0 Å². The van der Waals surface area contributed by atoms with Gasteiger partial charge in [0.05, 0.1) is 4.75 Å². The maximum atomic E-state index is 13.5. The number of rotatable bonds is 10. The van der Waals surface area contributed by atoms with Gasteiger partial charge in [0.1, 0.15) is 0 Å². The zero-order valence-electron chi connectivity index (χ0n) is 16.5. The van der Waals surface area contributed by atoms with Gasteiger partial charge in [-0.25, -0.2) is 0 Å². The smallest absolute Gasteiger partial charge is 0.179 e. The summed E-state index contributed by atoms with van der Waals surface area (Å²) in [6, 6.07) is 30.7. The largest absolute Gasteiger partial charge is 0.293 e. The molecule has 0 aliphatic heterocycles. The van der Waals surface area contributed by atoms with Gasteiger partial charge in [0, 0.05) is 10.5 Å². The maximum absolute atomic E-state index is 13.5. The number of ketones is 1. The second kappa shape index (κ2) is 10.3. The van der Waals surface area contributed by atoms with Gasteiger partial charge in [0.15, 0.2) is 5.78 Å². The summed E-state index contributed by atoms with van der Waals surface area (Å²) in [7, 11) is 0. The van der Waals surface area contributed by atoms with Crippen LogP contribution in [0.5, 0.6) is 0 Å². The van der Waals surface area contributed by atoms with Crippen LogP contribution in [-0.2, 0) is 6.42 Å². The monoisotopic (exact) mass is 388 g/mol. The van der Waals surface area contributed by atoms with Crippen LogP contribution in [0.3, 0.4) is 0 Å². The summed E-state index contributed by atoms with van der Waals surface area (Å²) in [5, 5.41) is 0. The van der Waals surface area contributed by atoms with Gasteiger partial charge in [0.2, 0.25) is 0 Å². The topological polar surface area (TPSA) is 17.1 Å². The minimum atomic E-state index is -0.417. The lowest BCUT2D eigenvalue weighted by molar-refractivity contribution is 0.0933. The van der Waals surface area contributed by atoms with Crippen LogP contribution in [-0.4, -0.2) is 10.5 Å². The Balaban J connectivity index is 1.75. The molecule has 2 heteroatoms. The van der Waals surface area contributed by atoms with Gasteiger partial charge in [-0.15, -0.1) is 11.8 Å². The first-order chi connectivity index (χ1) is 13.7. The molecule has 144 valence electrons. The molecule has 0 bridgehead atoms. The van der Waals surface area contributed by atoms with E-state index in [1.165, 1.54) is 5.56 Å². The normalized spacial score (nSPS) is 13.0. The SMILES string of the molecule is CCC(CCCCc1ccccc1)(Sc1ccccc1)C(=O)c1ccccc1. The average Bonchev–Trinajstić information content (AvgIpc) is 2.77. The molecule has 0 aromatic heterocycles. The molecule has 3 aromatic rings. The predicted molar refractivity (Wildman–Crippen MR) is 120 cm³/mol. The van der Waals surface area contributed by atoms with Crippen molar-refractivity contribution in [3.05, 3.63) is 102 Å². The van der Waals surface area contributed by atoms with E-state index in [0.29, 0.717) is 0 Å². The number of Topliss-reactive ketones (excluding diaryl/α,β-unsaturated/α-hetero) is 1. The van der Waals surface area contributed by atoms with Crippen molar-refractivity contribution in [3.63, 3.8) is 0 Å². The molecule has 0 fully saturated rings. The van der Waals surface area contributed by atoms with Crippen LogP contribution in [0.1, 0.15) is 48.5 Å². The number of thioether (sulfide) groups is 1. The molecule has 0 aliphatic rings. The third-order valence-corrected chi connectivity index (χ3v) is 6.79. The summed E-state index contributed by atoms with van der Waals surface area (Å²) < 4.78 is -0.417. The van der Waals surface area contributed by atoms with Crippen molar-refractivity contribution in [1.29, 1.82) is 0 Å². The summed E-state index contributed by atoms with van der Waals surface area (Å²) in [4.78, 5) is 14.7. The first-order valence-corrected chi connectivity index (χ1v) is 10.9. The summed E-state index contributed by atoms with van der Waals surface area (Å²) in [5.74, 6) is 0.254. The van der Waals surface area contributed by atoms with Crippen molar-refractivity contribution in [2.24, 2.45) is 0 Å². The number of carbonyl (C=O) groups excluding carboxylic acids is 1. The molecule has 0 saturated heterocycles. The quantitative estimate of drug-likeness (QED) is 0.207. The number of hydrogen-bond acceptors (Lipinski definition) is 2. The molecule has 0 radical (unpaired) electrons. The van der Waals surface area contributed by atoms with E-state index in [0.717, 1.165) is 42.6 Å². The van der Waals surface area contributed by atoms with Crippen LogP contribution in [0, 0.1) is 0 Å². The van der Waals surface area contributed by atoms with Crippen LogP contribution in [0.4, 0.5) is 0 Å². The van der Waals surface area contributed by atoms with E-state index in [-0.39, 0.29) is 5.78 Å². The van der Waals surface area contributed by atoms with E-state index in [9.17, 15) is 4.79 Å². The molecule has 0 heterocycles. The highest BCUT2D eigenvalue weighted by Gasteiger charge is 2.37. The minimum Gasteiger partial charge on any atom is -0.293 e. The van der Waals surface area contributed by atoms with E-state index >= 15 is 0 Å². The molecule has 3 aromatic carbocycles. The van der Waals surface area contributed by atoms with E-state index < -0.39 is 4.75 Å². The Kier molecular flexibility index (Phi) is 7.50. The Hall–Kier alpha value is -2.32. The Morgan fingerprint density at radius 3 is 1.96 bits per heavy atom. The van der Waals surface area contributed by atoms with Gasteiger partial charge < -0.3 is 0 Å². The summed E-state index contributed by atoms with van der Waals surface area (Å²) in [6.45, 7) is 2.15. The zero-order chi connectivity index (χ0) is 19.7. The van der Waals surface area contributed by atoms with Crippen LogP contribution >= 0.6 is 11.8 Å². The fraction of sp³-hybridized carbons (Fsp3) is 0.269. The van der Waals surface area contributed by atoms with Gasteiger partial charge in [-0.1, -0.05) is 92.2 Å². The van der Waals surface area contributed by atoms with Crippen LogP contribution < -0.4 is 0 Å². The molecule has 0 spiro atoms. The molecule has 0 amide bonds. The van der Waals surface area contributed by atoms with Crippen molar-refractivity contribution in [1.82, 2.24) is 0 Å². The molecular weight excluding hydrogens is 360 g/mol. The number of benzene rings is 3. The van der Waals surface area contributed by atoms with E-state index in [1.807, 2.05) is 48.5 Å². The lowest BCUT2D eigenvalue weighted by Crippen LogP contribution is -2.34. The Morgan fingerprint density at radius 2 is 1.36 bits per heavy atom. The third kappa shape index (κ3) is 5.36. The van der Waals surface area contributed by atoms with Crippen LogP contribution in [0.2, 0.25) is 0 Å². The summed E-state index contributed by atoms with van der Waals surface area (Å²) in [5.41, 5.74) is 2.19. The Morgan fingerprint density at radius 1 is 0.786 bits per heavy atom. The second-order valence-corrected chi connectivity index (χ2v) is 8.61. The molecular formula is C26H28OS. The number of unbranched alkanes of at least 4 members (excludes halogenated alkanes) is 1. The number of aryl methyl sites for hydroxylation is 1. The molecule has 0 aliphatic carbocycles. The zero-order valence-corrected chi connectivity index (χ0v) is 17.3. The molecule has 28 heavy (non-hydrogen) atoms. The second-order valence-electron chi connectivity index (χ2n) is 7.15. The highest BCUT2D eigenvalue weighted by molar-refractivity contribution is 8.01. The van der Waals surface area contributed by atoms with Crippen molar-refractivity contribution < 1.29 is 4.79 Å². The van der Waals surface area contributed by atoms with Crippen molar-refractivity contribution in [2.45, 2.75) is 48.7 Å². The molecule has 3 rings (SSSR count). The molecule has 0 N–H and O–H groups in total. The molecule has 1 atom stereocenters. The van der Waals surface area contributed by atoms with E-state index in [2.05, 4.69) is 49.4 Å². The highest BCUT2D eigenvalue weighted by Crippen LogP contribution is 2.42. The predicted octanol–water partition coefficient (Wildman–Crippen LogP) is 7.22. The number of carbonyl (C=O) groups is 1. The van der Waals surface area contributed by atoms with Crippen LogP contribution in [0.15, 0.2) is 95.9 Å². The Bertz CT molecular complexity index is 845. The van der Waals surface area contributed by atoms with Gasteiger partial charge >= 0.3 is 0 Å². The van der Waals surface area contributed by atoms with Gasteiger partial charge in [-0.2, -0.15) is 0 Å². The summed E-state index contributed by atoms with van der Waals surface area (Å²) >= 11 is 1.74. The highest BCUT2D eigenvalue weighted by atomic mass is 32.2. The minimum absolute atomic E-state index is 0.254. The van der Waals surface area contributed by atoms with Gasteiger partial charge in [-0.05, 0) is 43.4 Å². The first-order valence-electron chi connectivity index (χ1n) is 10.1. The fourth-order valence-electron chi connectivity index (χ4n) is 3.57. The molecule has 1 unspecified atom stereocenters. The van der Waals surface area contributed by atoms with Crippen molar-refractivity contribution in [2.75, 3.05) is 0 Å². The number of hydrogen-bond donors (Lipinski definition) is 0. The van der Waals surface area contributed by atoms with E-state index in [1.54, 1.807) is 11.8 Å². The average molecular weight is 389 g/mol. The van der Waals surface area contributed by atoms with E-state index in [4.69, 9.17) is 0 Å². The standard InChI is InChI=1S/C26H28OS/c1-2-26(28-24-19-10-5-11-20-24,25(27)23-17-8-4-9-18-23)21-13-12-16-22-14-6-3-7-15-22/h3-11,14-15,17-20H,2,12-13,16,21H2,1H3. The molecule has 0 saturated carbocycles. The van der Waals surface area contributed by atoms with Crippen molar-refractivity contribution >= 4 is 17.5 Å². The van der Waals surface area contributed by atoms with Gasteiger partial charge in [-0.3, -0.25) is 4.79 Å². The fourth-order valence-corrected chi connectivity index (χ4v) is 4.92. The third-order valence-electron chi connectivity index (χ3n) is 5.22.